The van der Waals surface area contributed by atoms with Crippen molar-refractivity contribution in [2.75, 3.05) is 6.26 Å². The Hall–Kier alpha value is -1.19. The Bertz CT molecular complexity index is 532. The average molecular weight is 337 g/mol. The van der Waals surface area contributed by atoms with Gasteiger partial charge < -0.3 is 0 Å². The molecule has 110 valence electrons. The number of aliphatic imine (C=N–C) groups is 1. The molecule has 0 bridgehead atoms. The number of hydrogen-bond acceptors (Lipinski definition) is 7. The highest BCUT2D eigenvalue weighted by atomic mass is 35.5. The van der Waals surface area contributed by atoms with Gasteiger partial charge in [0, 0.05) is 17.0 Å². The molecular weight excluding hydrogens is 324 g/mol. The van der Waals surface area contributed by atoms with Gasteiger partial charge in [-0.1, -0.05) is 37.2 Å². The minimum Gasteiger partial charge on any atom is -0.268 e. The summed E-state index contributed by atoms with van der Waals surface area (Å²) in [6.07, 6.45) is 3.18. The summed E-state index contributed by atoms with van der Waals surface area (Å²) in [4.78, 5) is 31.6. The third-order valence-electron chi connectivity index (χ3n) is 2.13. The molecule has 0 aliphatic heterocycles. The molecule has 1 rings (SSSR count). The molecule has 1 amide bonds. The maximum absolute atomic E-state index is 11.9. The van der Waals surface area contributed by atoms with Gasteiger partial charge in [-0.25, -0.2) is 15.1 Å². The molecule has 0 atom stereocenters. The lowest BCUT2D eigenvalue weighted by Crippen LogP contribution is -2.42. The van der Waals surface area contributed by atoms with Crippen LogP contribution >= 0.6 is 34.7 Å². The van der Waals surface area contributed by atoms with Crippen molar-refractivity contribution in [2.24, 2.45) is 10.9 Å². The zero-order valence-electron chi connectivity index (χ0n) is 11.1. The number of rotatable bonds is 4. The molecule has 0 spiro atoms. The van der Waals surface area contributed by atoms with Crippen LogP contribution in [0.1, 0.15) is 18.7 Å². The van der Waals surface area contributed by atoms with Crippen LogP contribution in [0.3, 0.4) is 0 Å². The lowest BCUT2D eigenvalue weighted by molar-refractivity contribution is -0.609. The van der Waals surface area contributed by atoms with E-state index in [1.54, 1.807) is 26.3 Å². The average Bonchev–Trinajstić information content (AvgIpc) is 2.78. The number of hydrogen-bond donors (Lipinski definition) is 0. The molecule has 7 nitrogen and oxygen atoms in total. The molecule has 0 aliphatic carbocycles. The van der Waals surface area contributed by atoms with Crippen LogP contribution < -0.4 is 0 Å². The lowest BCUT2D eigenvalue weighted by Gasteiger charge is -2.14. The number of amides is 1. The summed E-state index contributed by atoms with van der Waals surface area (Å²) in [6, 6.07) is 0. The van der Waals surface area contributed by atoms with Crippen molar-refractivity contribution in [2.45, 2.75) is 20.4 Å². The number of thiazole rings is 1. The molecular formula is C10H13ClN4O3S2. The SMILES string of the molecule is CSC(=NCc1cnc(Cl)s1)N(C(=O)C(C)C)[N+](=O)[O-]. The molecule has 1 heterocycles. The molecule has 0 radical (unpaired) electrons. The predicted molar refractivity (Wildman–Crippen MR) is 80.5 cm³/mol. The van der Waals surface area contributed by atoms with Gasteiger partial charge in [-0.3, -0.25) is 9.79 Å². The van der Waals surface area contributed by atoms with Gasteiger partial charge >= 0.3 is 0 Å². The molecule has 0 aliphatic rings. The number of thioether (sulfide) groups is 1. The smallest absolute Gasteiger partial charge is 0.268 e. The Morgan fingerprint density at radius 2 is 2.35 bits per heavy atom. The van der Waals surface area contributed by atoms with E-state index in [0.29, 0.717) is 9.48 Å². The van der Waals surface area contributed by atoms with Crippen molar-refractivity contribution in [3.05, 3.63) is 25.7 Å². The van der Waals surface area contributed by atoms with Gasteiger partial charge in [0.1, 0.15) is 0 Å². The number of halogens is 1. The van der Waals surface area contributed by atoms with Crippen molar-refractivity contribution in [3.8, 4) is 0 Å². The van der Waals surface area contributed by atoms with Gasteiger partial charge in [0.05, 0.1) is 6.54 Å². The molecule has 0 aromatic carbocycles. The summed E-state index contributed by atoms with van der Waals surface area (Å²) >= 11 is 7.98. The van der Waals surface area contributed by atoms with Crippen LogP contribution in [-0.4, -0.2) is 32.4 Å². The summed E-state index contributed by atoms with van der Waals surface area (Å²) in [5.74, 6) is -1.10. The highest BCUT2D eigenvalue weighted by Crippen LogP contribution is 2.19. The second-order valence-electron chi connectivity index (χ2n) is 3.93. The molecule has 0 N–H and O–H groups in total. The van der Waals surface area contributed by atoms with Crippen LogP contribution in [-0.2, 0) is 11.3 Å². The Labute approximate surface area is 129 Å². The number of carbonyl (C=O) groups is 1. The fourth-order valence-corrected chi connectivity index (χ4v) is 2.64. The van der Waals surface area contributed by atoms with E-state index in [1.165, 1.54) is 11.3 Å². The van der Waals surface area contributed by atoms with Crippen LogP contribution in [0.5, 0.6) is 0 Å². The maximum Gasteiger partial charge on any atom is 0.294 e. The normalized spacial score (nSPS) is 11.8. The molecule has 0 saturated heterocycles. The van der Waals surface area contributed by atoms with E-state index in [-0.39, 0.29) is 11.7 Å². The predicted octanol–water partition coefficient (Wildman–Crippen LogP) is 2.69. The first-order chi connectivity index (χ1) is 9.36. The molecule has 0 fully saturated rings. The van der Waals surface area contributed by atoms with E-state index in [0.717, 1.165) is 16.6 Å². The largest absolute Gasteiger partial charge is 0.294 e. The number of nitrogens with zero attached hydrogens (tertiary/aromatic N) is 4. The molecule has 10 heteroatoms. The first-order valence-electron chi connectivity index (χ1n) is 5.53. The van der Waals surface area contributed by atoms with E-state index in [4.69, 9.17) is 11.6 Å². The summed E-state index contributed by atoms with van der Waals surface area (Å²) in [5, 5.41) is 10.8. The highest BCUT2D eigenvalue weighted by Gasteiger charge is 2.32. The summed E-state index contributed by atoms with van der Waals surface area (Å²) in [5.41, 5.74) is 0. The van der Waals surface area contributed by atoms with E-state index >= 15 is 0 Å². The van der Waals surface area contributed by atoms with E-state index in [1.807, 2.05) is 0 Å². The number of nitro groups is 1. The Kier molecular flexibility index (Phi) is 6.37. The third-order valence-corrected chi connectivity index (χ3v) is 3.89. The van der Waals surface area contributed by atoms with Gasteiger partial charge in [0.2, 0.25) is 5.17 Å². The summed E-state index contributed by atoms with van der Waals surface area (Å²) in [7, 11) is 0. The van der Waals surface area contributed by atoms with Crippen molar-refractivity contribution in [3.63, 3.8) is 0 Å². The minimum atomic E-state index is -0.753. The van der Waals surface area contributed by atoms with Crippen molar-refractivity contribution < 1.29 is 9.83 Å². The van der Waals surface area contributed by atoms with Crippen LogP contribution in [0.4, 0.5) is 0 Å². The lowest BCUT2D eigenvalue weighted by atomic mass is 10.2. The fourth-order valence-electron chi connectivity index (χ4n) is 1.21. The van der Waals surface area contributed by atoms with Crippen molar-refractivity contribution in [1.82, 2.24) is 9.99 Å². The Morgan fingerprint density at radius 1 is 1.70 bits per heavy atom. The summed E-state index contributed by atoms with van der Waals surface area (Å²) < 4.78 is 0.380. The van der Waals surface area contributed by atoms with Gasteiger partial charge in [0.15, 0.2) is 9.50 Å². The highest BCUT2D eigenvalue weighted by molar-refractivity contribution is 8.13. The molecule has 0 saturated carbocycles. The van der Waals surface area contributed by atoms with E-state index in [9.17, 15) is 14.9 Å². The number of amidine groups is 1. The van der Waals surface area contributed by atoms with E-state index < -0.39 is 16.9 Å². The van der Waals surface area contributed by atoms with Gasteiger partial charge in [-0.15, -0.1) is 11.3 Å². The fraction of sp³-hybridized carbons (Fsp3) is 0.500. The molecule has 1 aromatic heterocycles. The van der Waals surface area contributed by atoms with Crippen LogP contribution in [0.15, 0.2) is 11.2 Å². The van der Waals surface area contributed by atoms with Crippen LogP contribution in [0, 0.1) is 16.0 Å². The zero-order valence-corrected chi connectivity index (χ0v) is 13.5. The number of hydrazine groups is 1. The minimum absolute atomic E-state index is 0.0400. The van der Waals surface area contributed by atoms with Crippen LogP contribution in [0.2, 0.25) is 4.47 Å². The topological polar surface area (TPSA) is 88.7 Å². The van der Waals surface area contributed by atoms with Crippen molar-refractivity contribution >= 4 is 45.8 Å². The maximum atomic E-state index is 11.9. The first kappa shape index (κ1) is 16.9. The molecule has 20 heavy (non-hydrogen) atoms. The zero-order chi connectivity index (χ0) is 15.3. The van der Waals surface area contributed by atoms with Crippen LogP contribution in [0.25, 0.3) is 0 Å². The quantitative estimate of drug-likeness (QED) is 0.365. The number of aromatic nitrogens is 1. The Morgan fingerprint density at radius 3 is 2.75 bits per heavy atom. The second kappa shape index (κ2) is 7.55. The van der Waals surface area contributed by atoms with Crippen molar-refractivity contribution in [1.29, 1.82) is 0 Å². The second-order valence-corrected chi connectivity index (χ2v) is 6.40. The first-order valence-corrected chi connectivity index (χ1v) is 7.95. The third kappa shape index (κ3) is 4.43. The Balaban J connectivity index is 2.95. The monoisotopic (exact) mass is 336 g/mol. The van der Waals surface area contributed by atoms with Gasteiger partial charge in [0.25, 0.3) is 5.91 Å². The molecule has 1 aromatic rings. The van der Waals surface area contributed by atoms with E-state index in [2.05, 4.69) is 9.98 Å². The summed E-state index contributed by atoms with van der Waals surface area (Å²) in [6.45, 7) is 3.38. The van der Waals surface area contributed by atoms with Gasteiger partial charge in [-0.2, -0.15) is 0 Å². The van der Waals surface area contributed by atoms with Gasteiger partial charge in [-0.05, 0) is 11.3 Å². The number of carbonyl (C=O) groups excluding carboxylic acids is 1. The molecule has 0 unspecified atom stereocenters. The standard InChI is InChI=1S/C10H13ClN4O3S2/c1-6(2)8(16)14(15(17)18)10(19-3)13-5-7-4-12-9(11)20-7/h4,6H,5H2,1-3H3.